The van der Waals surface area contributed by atoms with Gasteiger partial charge in [0, 0.05) is 13.1 Å². The van der Waals surface area contributed by atoms with Gasteiger partial charge < -0.3 is 20.5 Å². The molecule has 1 aromatic heterocycles. The lowest BCUT2D eigenvalue weighted by atomic mass is 10.1. The third-order valence-corrected chi connectivity index (χ3v) is 5.39. The standard InChI is InChI=1S/C18H23N3O3S.ClH/c1-11-17(25-10-21-11)13-4-3-12(16(7-13)24-2)5-6-19-18(23)15-8-14(22)9-20-15;/h3-4,7,10,14-15,20,22H,5-6,8-9H2,1-2H3,(H,19,23);1H/t14-,15+;/m1./s1. The Labute approximate surface area is 163 Å². The molecule has 1 aromatic carbocycles. The van der Waals surface area contributed by atoms with Crippen LogP contribution in [0.5, 0.6) is 5.75 Å². The fraction of sp³-hybridized carbons (Fsp3) is 0.444. The summed E-state index contributed by atoms with van der Waals surface area (Å²) in [6, 6.07) is 5.83. The van der Waals surface area contributed by atoms with Gasteiger partial charge in [-0.05, 0) is 37.0 Å². The maximum absolute atomic E-state index is 12.1. The summed E-state index contributed by atoms with van der Waals surface area (Å²) in [6.07, 6.45) is 0.725. The number of aryl methyl sites for hydroxylation is 1. The molecule has 2 atom stereocenters. The average molecular weight is 398 g/mol. The third kappa shape index (κ3) is 4.73. The van der Waals surface area contributed by atoms with Crippen molar-refractivity contribution in [3.8, 4) is 16.2 Å². The number of aliphatic hydroxyl groups excluding tert-OH is 1. The van der Waals surface area contributed by atoms with Crippen LogP contribution in [0.25, 0.3) is 10.4 Å². The number of carbonyl (C=O) groups is 1. The lowest BCUT2D eigenvalue weighted by molar-refractivity contribution is -0.122. The molecule has 1 fully saturated rings. The Morgan fingerprint density at radius 3 is 2.92 bits per heavy atom. The first-order valence-electron chi connectivity index (χ1n) is 8.35. The number of nitrogens with one attached hydrogen (secondary N) is 2. The first-order valence-corrected chi connectivity index (χ1v) is 9.23. The smallest absolute Gasteiger partial charge is 0.237 e. The van der Waals surface area contributed by atoms with Crippen molar-refractivity contribution in [1.29, 1.82) is 0 Å². The van der Waals surface area contributed by atoms with Crippen LogP contribution in [0.15, 0.2) is 23.7 Å². The molecular weight excluding hydrogens is 374 g/mol. The van der Waals surface area contributed by atoms with Crippen LogP contribution in [0.3, 0.4) is 0 Å². The molecule has 0 saturated carbocycles. The number of ether oxygens (including phenoxy) is 1. The molecule has 2 heterocycles. The highest BCUT2D eigenvalue weighted by Crippen LogP contribution is 2.31. The normalized spacial score (nSPS) is 19.0. The zero-order chi connectivity index (χ0) is 17.8. The molecule has 3 rings (SSSR count). The first kappa shape index (κ1) is 20.6. The summed E-state index contributed by atoms with van der Waals surface area (Å²) in [5.41, 5.74) is 4.99. The molecule has 1 amide bonds. The van der Waals surface area contributed by atoms with Gasteiger partial charge in [-0.15, -0.1) is 23.7 Å². The van der Waals surface area contributed by atoms with E-state index in [0.29, 0.717) is 25.9 Å². The van der Waals surface area contributed by atoms with E-state index in [-0.39, 0.29) is 24.4 Å². The van der Waals surface area contributed by atoms with Crippen LogP contribution in [0.2, 0.25) is 0 Å². The molecule has 3 N–H and O–H groups in total. The van der Waals surface area contributed by atoms with Gasteiger partial charge in [0.05, 0.1) is 35.3 Å². The number of benzene rings is 1. The highest BCUT2D eigenvalue weighted by molar-refractivity contribution is 7.13. The zero-order valence-corrected chi connectivity index (χ0v) is 16.5. The Morgan fingerprint density at radius 2 is 2.31 bits per heavy atom. The average Bonchev–Trinajstić information content (AvgIpc) is 3.23. The van der Waals surface area contributed by atoms with Crippen LogP contribution in [0.4, 0.5) is 0 Å². The number of carbonyl (C=O) groups excluding carboxylic acids is 1. The number of aliphatic hydroxyl groups is 1. The van der Waals surface area contributed by atoms with Gasteiger partial charge in [-0.2, -0.15) is 0 Å². The Balaban J connectivity index is 0.00000243. The number of hydrogen-bond donors (Lipinski definition) is 3. The van der Waals surface area contributed by atoms with Crippen molar-refractivity contribution >= 4 is 29.7 Å². The minimum atomic E-state index is -0.432. The van der Waals surface area contributed by atoms with Crippen LogP contribution in [-0.2, 0) is 11.2 Å². The molecule has 26 heavy (non-hydrogen) atoms. The van der Waals surface area contributed by atoms with E-state index in [9.17, 15) is 9.90 Å². The SMILES string of the molecule is COc1cc(-c2scnc2C)ccc1CCNC(=O)[C@@H]1C[C@@H](O)CN1.Cl. The summed E-state index contributed by atoms with van der Waals surface area (Å²) in [4.78, 5) is 17.5. The Hall–Kier alpha value is -1.67. The molecule has 1 aliphatic heterocycles. The number of aromatic nitrogens is 1. The summed E-state index contributed by atoms with van der Waals surface area (Å²) in [7, 11) is 1.66. The van der Waals surface area contributed by atoms with Crippen molar-refractivity contribution in [3.05, 3.63) is 35.0 Å². The molecule has 142 valence electrons. The number of rotatable bonds is 6. The van der Waals surface area contributed by atoms with Gasteiger partial charge in [0.1, 0.15) is 5.75 Å². The number of nitrogens with zero attached hydrogens (tertiary/aromatic N) is 1. The van der Waals surface area contributed by atoms with Gasteiger partial charge in [0.25, 0.3) is 0 Å². The van der Waals surface area contributed by atoms with Crippen LogP contribution in [0.1, 0.15) is 17.7 Å². The van der Waals surface area contributed by atoms with E-state index in [1.54, 1.807) is 18.4 Å². The predicted molar refractivity (Wildman–Crippen MR) is 105 cm³/mol. The van der Waals surface area contributed by atoms with E-state index in [1.807, 2.05) is 24.6 Å². The minimum Gasteiger partial charge on any atom is -0.496 e. The van der Waals surface area contributed by atoms with Crippen molar-refractivity contribution < 1.29 is 14.6 Å². The second kappa shape index (κ2) is 9.32. The fourth-order valence-corrected chi connectivity index (χ4v) is 3.83. The number of thiazole rings is 1. The second-order valence-corrected chi connectivity index (χ2v) is 7.04. The molecule has 8 heteroatoms. The van der Waals surface area contributed by atoms with Gasteiger partial charge in [-0.1, -0.05) is 12.1 Å². The zero-order valence-electron chi connectivity index (χ0n) is 14.8. The van der Waals surface area contributed by atoms with Gasteiger partial charge in [0.2, 0.25) is 5.91 Å². The summed E-state index contributed by atoms with van der Waals surface area (Å²) in [5.74, 6) is 0.751. The maximum atomic E-state index is 12.1. The van der Waals surface area contributed by atoms with E-state index in [0.717, 1.165) is 27.4 Å². The first-order chi connectivity index (χ1) is 12.1. The molecule has 1 aliphatic rings. The summed E-state index contributed by atoms with van der Waals surface area (Å²) >= 11 is 1.61. The highest BCUT2D eigenvalue weighted by Gasteiger charge is 2.27. The van der Waals surface area contributed by atoms with Crippen LogP contribution < -0.4 is 15.4 Å². The number of β-amino-alcohol motifs (C(OH)–C–C–N with tert-alkyl or cyclic N) is 1. The molecule has 0 spiro atoms. The van der Waals surface area contributed by atoms with Gasteiger partial charge >= 0.3 is 0 Å². The Bertz CT molecular complexity index is 753. The number of hydrogen-bond acceptors (Lipinski definition) is 6. The largest absolute Gasteiger partial charge is 0.496 e. The Kier molecular flexibility index (Phi) is 7.40. The van der Waals surface area contributed by atoms with Gasteiger partial charge in [-0.3, -0.25) is 4.79 Å². The van der Waals surface area contributed by atoms with Crippen molar-refractivity contribution in [3.63, 3.8) is 0 Å². The predicted octanol–water partition coefficient (Wildman–Crippen LogP) is 1.93. The quantitative estimate of drug-likeness (QED) is 0.693. The molecule has 0 bridgehead atoms. The van der Waals surface area contributed by atoms with Crippen molar-refractivity contribution in [2.75, 3.05) is 20.2 Å². The third-order valence-electron chi connectivity index (χ3n) is 4.41. The van der Waals surface area contributed by atoms with Gasteiger partial charge in [0.15, 0.2) is 0 Å². The molecule has 0 unspecified atom stereocenters. The Morgan fingerprint density at radius 1 is 1.50 bits per heavy atom. The van der Waals surface area contributed by atoms with E-state index >= 15 is 0 Å². The number of amides is 1. The van der Waals surface area contributed by atoms with E-state index in [2.05, 4.69) is 21.7 Å². The second-order valence-electron chi connectivity index (χ2n) is 6.18. The summed E-state index contributed by atoms with van der Waals surface area (Å²) < 4.78 is 5.52. The number of methoxy groups -OCH3 is 1. The molecule has 1 saturated heterocycles. The number of halogens is 1. The highest BCUT2D eigenvalue weighted by atomic mass is 35.5. The fourth-order valence-electron chi connectivity index (χ4n) is 3.03. The molecule has 0 aliphatic carbocycles. The van der Waals surface area contributed by atoms with Crippen LogP contribution >= 0.6 is 23.7 Å². The van der Waals surface area contributed by atoms with E-state index < -0.39 is 6.10 Å². The maximum Gasteiger partial charge on any atom is 0.237 e. The van der Waals surface area contributed by atoms with Crippen LogP contribution in [0, 0.1) is 6.92 Å². The van der Waals surface area contributed by atoms with Crippen molar-refractivity contribution in [2.24, 2.45) is 0 Å². The minimum absolute atomic E-state index is 0. The monoisotopic (exact) mass is 397 g/mol. The van der Waals surface area contributed by atoms with E-state index in [4.69, 9.17) is 4.74 Å². The topological polar surface area (TPSA) is 83.5 Å². The molecule has 6 nitrogen and oxygen atoms in total. The van der Waals surface area contributed by atoms with Gasteiger partial charge in [-0.25, -0.2) is 4.98 Å². The van der Waals surface area contributed by atoms with Crippen molar-refractivity contribution in [1.82, 2.24) is 15.6 Å². The lowest BCUT2D eigenvalue weighted by Gasteiger charge is -2.13. The van der Waals surface area contributed by atoms with Crippen LogP contribution in [-0.4, -0.2) is 48.3 Å². The molecule has 2 aromatic rings. The lowest BCUT2D eigenvalue weighted by Crippen LogP contribution is -2.41. The summed E-state index contributed by atoms with van der Waals surface area (Å²) in [6.45, 7) is 3.00. The molecule has 0 radical (unpaired) electrons. The van der Waals surface area contributed by atoms with E-state index in [1.165, 1.54) is 0 Å². The molecular formula is C18H24ClN3O3S. The van der Waals surface area contributed by atoms with Crippen molar-refractivity contribution in [2.45, 2.75) is 31.9 Å². The summed E-state index contributed by atoms with van der Waals surface area (Å²) in [5, 5.41) is 15.4.